The second-order valence-corrected chi connectivity index (χ2v) is 33.5. The molecule has 0 aromatic rings. The van der Waals surface area contributed by atoms with Crippen LogP contribution in [0.4, 0.5) is 0 Å². The Morgan fingerprint density at radius 3 is 0.680 bits per heavy atom. The molecule has 19 heteroatoms. The summed E-state index contributed by atoms with van der Waals surface area (Å²) in [4.78, 5) is 73.1. The lowest BCUT2D eigenvalue weighted by Gasteiger charge is -2.21. The zero-order chi connectivity index (χ0) is 73.7. The number of phosphoric ester groups is 2. The highest BCUT2D eigenvalue weighted by Gasteiger charge is 2.30. The number of hydrogen-bond donors (Lipinski definition) is 3. The van der Waals surface area contributed by atoms with Crippen molar-refractivity contribution in [3.05, 3.63) is 0 Å². The highest BCUT2D eigenvalue weighted by atomic mass is 31.2. The molecule has 0 aliphatic rings. The third-order valence-electron chi connectivity index (χ3n) is 18.9. The smallest absolute Gasteiger partial charge is 0.462 e. The molecule has 5 atom stereocenters. The number of hydrogen-bond acceptors (Lipinski definition) is 15. The molecule has 594 valence electrons. The first-order chi connectivity index (χ1) is 48.2. The van der Waals surface area contributed by atoms with Crippen molar-refractivity contribution in [2.45, 2.75) is 439 Å². The van der Waals surface area contributed by atoms with E-state index in [1.807, 2.05) is 0 Å². The number of aliphatic hydroxyl groups excluding tert-OH is 1. The second-order valence-electron chi connectivity index (χ2n) is 30.6. The molecule has 0 aromatic carbocycles. The van der Waals surface area contributed by atoms with Crippen LogP contribution in [-0.4, -0.2) is 96.7 Å². The van der Waals surface area contributed by atoms with E-state index in [1.54, 1.807) is 0 Å². The first kappa shape index (κ1) is 98.1. The number of aliphatic hydroxyl groups is 1. The Bertz CT molecular complexity index is 1940. The molecule has 2 unspecified atom stereocenters. The number of ether oxygens (including phenoxy) is 4. The predicted octanol–water partition coefficient (Wildman–Crippen LogP) is 24.1. The minimum absolute atomic E-state index is 0.108. The van der Waals surface area contributed by atoms with Gasteiger partial charge in [0.15, 0.2) is 12.2 Å². The Balaban J connectivity index is 5.27. The number of rotatable bonds is 79. The van der Waals surface area contributed by atoms with Crippen LogP contribution in [-0.2, 0) is 65.4 Å². The normalized spacial score (nSPS) is 14.0. The molecule has 17 nitrogen and oxygen atoms in total. The molecule has 100 heavy (non-hydrogen) atoms. The summed E-state index contributed by atoms with van der Waals surface area (Å²) in [7, 11) is -9.92. The van der Waals surface area contributed by atoms with Crippen molar-refractivity contribution in [3.63, 3.8) is 0 Å². The Morgan fingerprint density at radius 1 is 0.270 bits per heavy atom. The molecule has 0 aliphatic heterocycles. The maximum absolute atomic E-state index is 13.1. The van der Waals surface area contributed by atoms with Crippen molar-refractivity contribution >= 4 is 39.5 Å². The summed E-state index contributed by atoms with van der Waals surface area (Å²) < 4.78 is 68.8. The molecule has 0 bridgehead atoms. The molecule has 3 N–H and O–H groups in total. The van der Waals surface area contributed by atoms with E-state index in [4.69, 9.17) is 37.0 Å². The van der Waals surface area contributed by atoms with Gasteiger partial charge >= 0.3 is 39.5 Å². The topological polar surface area (TPSA) is 237 Å². The molecular weight excluding hydrogens is 1310 g/mol. The fourth-order valence-corrected chi connectivity index (χ4v) is 14.1. The van der Waals surface area contributed by atoms with Gasteiger partial charge in [-0.15, -0.1) is 0 Å². The van der Waals surface area contributed by atoms with Gasteiger partial charge < -0.3 is 33.8 Å². The van der Waals surface area contributed by atoms with Crippen LogP contribution < -0.4 is 0 Å². The highest BCUT2D eigenvalue weighted by molar-refractivity contribution is 7.47. The second kappa shape index (κ2) is 71.3. The van der Waals surface area contributed by atoms with Crippen LogP contribution in [0.15, 0.2) is 0 Å². The summed E-state index contributed by atoms with van der Waals surface area (Å²) in [6.07, 6.45) is 59.5. The Labute approximate surface area is 613 Å². The average Bonchev–Trinajstić information content (AvgIpc) is 0.969. The SMILES string of the molecule is CCCCCCCCCCCCCCCCC(=O)O[C@H](COC(=O)CCCCCCCCCCCCC(C)C)COP(=O)(O)OC[C@H](O)COP(=O)(O)OC[C@@H](COC(=O)CCCCCCCCCCCCCCC(C)C)OC(=O)CCCCCCCCCCCCCCCCCC(C)C. The Kier molecular flexibility index (Phi) is 69.9. The van der Waals surface area contributed by atoms with Gasteiger partial charge in [-0.1, -0.05) is 370 Å². The molecule has 0 aliphatic carbocycles. The molecule has 0 heterocycles. The van der Waals surface area contributed by atoms with Crippen LogP contribution in [0.3, 0.4) is 0 Å². The van der Waals surface area contributed by atoms with Gasteiger partial charge in [0.25, 0.3) is 0 Å². The lowest BCUT2D eigenvalue weighted by atomic mass is 10.0. The maximum Gasteiger partial charge on any atom is 0.472 e. The molecule has 0 spiro atoms. The monoisotopic (exact) mass is 1470 g/mol. The molecule has 0 radical (unpaired) electrons. The van der Waals surface area contributed by atoms with E-state index >= 15 is 0 Å². The van der Waals surface area contributed by atoms with Crippen molar-refractivity contribution in [2.75, 3.05) is 39.6 Å². The minimum atomic E-state index is -4.96. The van der Waals surface area contributed by atoms with Crippen LogP contribution in [0.2, 0.25) is 0 Å². The minimum Gasteiger partial charge on any atom is -0.462 e. The Morgan fingerprint density at radius 2 is 0.460 bits per heavy atom. The number of phosphoric acid groups is 2. The fourth-order valence-electron chi connectivity index (χ4n) is 12.5. The van der Waals surface area contributed by atoms with Gasteiger partial charge in [0, 0.05) is 25.7 Å². The van der Waals surface area contributed by atoms with Crippen LogP contribution >= 0.6 is 15.6 Å². The van der Waals surface area contributed by atoms with E-state index < -0.39 is 97.5 Å². The third kappa shape index (κ3) is 74.3. The highest BCUT2D eigenvalue weighted by Crippen LogP contribution is 2.45. The molecule has 0 saturated carbocycles. The van der Waals surface area contributed by atoms with E-state index in [9.17, 15) is 43.2 Å². The van der Waals surface area contributed by atoms with Crippen LogP contribution in [0.1, 0.15) is 421 Å². The zero-order valence-electron chi connectivity index (χ0n) is 65.7. The van der Waals surface area contributed by atoms with Crippen molar-refractivity contribution < 1.29 is 80.2 Å². The number of carbonyl (C=O) groups is 4. The largest absolute Gasteiger partial charge is 0.472 e. The number of esters is 4. The summed E-state index contributed by atoms with van der Waals surface area (Å²) >= 11 is 0. The van der Waals surface area contributed by atoms with Gasteiger partial charge in [-0.25, -0.2) is 9.13 Å². The lowest BCUT2D eigenvalue weighted by molar-refractivity contribution is -0.161. The average molecular weight is 1470 g/mol. The van der Waals surface area contributed by atoms with Crippen molar-refractivity contribution in [1.29, 1.82) is 0 Å². The fraction of sp³-hybridized carbons (Fsp3) is 0.951. The first-order valence-electron chi connectivity index (χ1n) is 41.8. The zero-order valence-corrected chi connectivity index (χ0v) is 67.5. The van der Waals surface area contributed by atoms with Gasteiger partial charge in [0.1, 0.15) is 19.3 Å². The molecule has 0 aromatic heterocycles. The van der Waals surface area contributed by atoms with Gasteiger partial charge in [-0.2, -0.15) is 0 Å². The molecule has 0 fully saturated rings. The van der Waals surface area contributed by atoms with Crippen LogP contribution in [0, 0.1) is 17.8 Å². The van der Waals surface area contributed by atoms with Crippen LogP contribution in [0.5, 0.6) is 0 Å². The van der Waals surface area contributed by atoms with Gasteiger partial charge in [-0.05, 0) is 43.4 Å². The lowest BCUT2D eigenvalue weighted by Crippen LogP contribution is -2.30. The summed E-state index contributed by atoms with van der Waals surface area (Å²) in [5.41, 5.74) is 0. The summed E-state index contributed by atoms with van der Waals surface area (Å²) in [5.74, 6) is 0.235. The Hall–Kier alpha value is -1.94. The first-order valence-corrected chi connectivity index (χ1v) is 44.8. The molecular formula is C81H158O17P2. The summed E-state index contributed by atoms with van der Waals surface area (Å²) in [6, 6.07) is 0. The van der Waals surface area contributed by atoms with E-state index in [-0.39, 0.29) is 25.7 Å². The number of carbonyl (C=O) groups excluding carboxylic acids is 4. The van der Waals surface area contributed by atoms with Crippen molar-refractivity contribution in [3.8, 4) is 0 Å². The van der Waals surface area contributed by atoms with E-state index in [0.717, 1.165) is 108 Å². The predicted molar refractivity (Wildman–Crippen MR) is 409 cm³/mol. The van der Waals surface area contributed by atoms with E-state index in [2.05, 4.69) is 48.5 Å². The van der Waals surface area contributed by atoms with Crippen molar-refractivity contribution in [1.82, 2.24) is 0 Å². The summed E-state index contributed by atoms with van der Waals surface area (Å²) in [5, 5.41) is 10.6. The van der Waals surface area contributed by atoms with Crippen molar-refractivity contribution in [2.24, 2.45) is 17.8 Å². The van der Waals surface area contributed by atoms with Crippen LogP contribution in [0.25, 0.3) is 0 Å². The van der Waals surface area contributed by atoms with Gasteiger partial charge in [0.2, 0.25) is 0 Å². The van der Waals surface area contributed by atoms with E-state index in [0.29, 0.717) is 25.7 Å². The summed E-state index contributed by atoms with van der Waals surface area (Å²) in [6.45, 7) is 12.0. The van der Waals surface area contributed by atoms with Gasteiger partial charge in [-0.3, -0.25) is 37.3 Å². The standard InChI is InChI=1S/C81H158O17P2/c1-8-9-10-11-12-13-14-15-20-27-36-43-50-57-64-80(85)98-77(69-92-79(84)63-56-49-42-35-30-29-33-40-47-54-61-74(6)7)71-96-100(89,90)94-67-75(82)66-93-99(87,88)95-70-76(68-91-78(83)62-55-48-41-34-26-23-22-25-32-39-46-53-60-73(4)5)97-81(86)65-58-51-44-37-28-21-18-16-17-19-24-31-38-45-52-59-72(2)3/h72-77,82H,8-71H2,1-7H3,(H,87,88)(H,89,90)/t75-,76-,77-/m1/s1. The quantitative estimate of drug-likeness (QED) is 0.0222. The van der Waals surface area contributed by atoms with Gasteiger partial charge in [0.05, 0.1) is 26.4 Å². The maximum atomic E-state index is 13.1. The molecule has 0 amide bonds. The number of unbranched alkanes of at least 4 members (excludes halogenated alkanes) is 47. The van der Waals surface area contributed by atoms with E-state index in [1.165, 1.54) is 231 Å². The third-order valence-corrected chi connectivity index (χ3v) is 20.8. The molecule has 0 saturated heterocycles. The molecule has 0 rings (SSSR count).